The van der Waals surface area contributed by atoms with E-state index < -0.39 is 0 Å². The Balaban J connectivity index is 0.00000110. The van der Waals surface area contributed by atoms with Crippen molar-refractivity contribution >= 4 is 24.8 Å². The van der Waals surface area contributed by atoms with Gasteiger partial charge < -0.3 is 14.8 Å². The van der Waals surface area contributed by atoms with Crippen molar-refractivity contribution in [1.29, 1.82) is 0 Å². The number of nitrogens with one attached hydrogen (secondary N) is 1. The van der Waals surface area contributed by atoms with Gasteiger partial charge in [0.1, 0.15) is 0 Å². The van der Waals surface area contributed by atoms with Crippen molar-refractivity contribution in [2.75, 3.05) is 26.3 Å². The summed E-state index contributed by atoms with van der Waals surface area (Å²) in [7, 11) is 0. The maximum Gasteiger partial charge on any atom is 0.0856 e. The summed E-state index contributed by atoms with van der Waals surface area (Å²) in [6.45, 7) is 4.26. The van der Waals surface area contributed by atoms with E-state index in [1.165, 1.54) is 24.8 Å². The van der Waals surface area contributed by atoms with Gasteiger partial charge in [-0.3, -0.25) is 4.98 Å². The SMILES string of the molecule is Cl.Cl.c1cc(COC[C@@H]2CCC[C@@]23CNCCO3)ccn1. The van der Waals surface area contributed by atoms with Gasteiger partial charge in [0.05, 0.1) is 25.4 Å². The smallest absolute Gasteiger partial charge is 0.0856 e. The molecule has 1 saturated carbocycles. The minimum absolute atomic E-state index is 0. The molecule has 0 amide bonds. The summed E-state index contributed by atoms with van der Waals surface area (Å²) in [5.74, 6) is 0.530. The molecule has 0 radical (unpaired) electrons. The molecule has 2 atom stereocenters. The molecular weight excluding hydrogens is 311 g/mol. The molecule has 21 heavy (non-hydrogen) atoms. The maximum absolute atomic E-state index is 6.09. The highest BCUT2D eigenvalue weighted by Crippen LogP contribution is 2.39. The van der Waals surface area contributed by atoms with E-state index in [4.69, 9.17) is 9.47 Å². The highest BCUT2D eigenvalue weighted by atomic mass is 35.5. The second-order valence-electron chi connectivity index (χ2n) is 5.55. The fourth-order valence-electron chi connectivity index (χ4n) is 3.25. The van der Waals surface area contributed by atoms with E-state index in [0.29, 0.717) is 12.5 Å². The molecule has 3 rings (SSSR count). The summed E-state index contributed by atoms with van der Waals surface area (Å²) in [6, 6.07) is 4.01. The third-order valence-electron chi connectivity index (χ3n) is 4.33. The van der Waals surface area contributed by atoms with Crippen LogP contribution in [0.5, 0.6) is 0 Å². The van der Waals surface area contributed by atoms with Crippen LogP contribution in [0.2, 0.25) is 0 Å². The van der Waals surface area contributed by atoms with Gasteiger partial charge in [0, 0.05) is 31.4 Å². The van der Waals surface area contributed by atoms with Gasteiger partial charge in [0.25, 0.3) is 0 Å². The average Bonchev–Trinajstić information content (AvgIpc) is 2.83. The lowest BCUT2D eigenvalue weighted by atomic mass is 9.90. The Kier molecular flexibility index (Phi) is 7.92. The van der Waals surface area contributed by atoms with Crippen LogP contribution in [0.4, 0.5) is 0 Å². The van der Waals surface area contributed by atoms with Crippen molar-refractivity contribution in [2.24, 2.45) is 5.92 Å². The highest BCUT2D eigenvalue weighted by Gasteiger charge is 2.44. The van der Waals surface area contributed by atoms with E-state index in [1.807, 2.05) is 24.5 Å². The van der Waals surface area contributed by atoms with Gasteiger partial charge in [0.15, 0.2) is 0 Å². The van der Waals surface area contributed by atoms with Crippen LogP contribution in [0.1, 0.15) is 24.8 Å². The minimum Gasteiger partial charge on any atom is -0.376 e. The predicted molar refractivity (Wildman–Crippen MR) is 87.3 cm³/mol. The minimum atomic E-state index is 0. The number of nitrogens with zero attached hydrogens (tertiary/aromatic N) is 1. The van der Waals surface area contributed by atoms with Crippen molar-refractivity contribution in [3.05, 3.63) is 30.1 Å². The largest absolute Gasteiger partial charge is 0.376 e. The Morgan fingerprint density at radius 1 is 1.33 bits per heavy atom. The van der Waals surface area contributed by atoms with Crippen LogP contribution in [-0.4, -0.2) is 36.9 Å². The first-order chi connectivity index (χ1) is 9.39. The van der Waals surface area contributed by atoms with E-state index in [-0.39, 0.29) is 30.4 Å². The number of morpholine rings is 1. The van der Waals surface area contributed by atoms with E-state index in [9.17, 15) is 0 Å². The second-order valence-corrected chi connectivity index (χ2v) is 5.55. The number of hydrogen-bond acceptors (Lipinski definition) is 4. The molecular formula is C15H24Cl2N2O2. The summed E-state index contributed by atoms with van der Waals surface area (Å²) < 4.78 is 12.0. The van der Waals surface area contributed by atoms with Crippen LogP contribution in [0.3, 0.4) is 0 Å². The molecule has 1 saturated heterocycles. The molecule has 1 spiro atoms. The first-order valence-electron chi connectivity index (χ1n) is 7.20. The van der Waals surface area contributed by atoms with Crippen molar-refractivity contribution in [2.45, 2.75) is 31.5 Å². The van der Waals surface area contributed by atoms with Crippen LogP contribution in [0.15, 0.2) is 24.5 Å². The van der Waals surface area contributed by atoms with Crippen LogP contribution in [0, 0.1) is 5.92 Å². The van der Waals surface area contributed by atoms with Crippen LogP contribution in [-0.2, 0) is 16.1 Å². The van der Waals surface area contributed by atoms with Crippen molar-refractivity contribution in [3.63, 3.8) is 0 Å². The zero-order chi connectivity index (χ0) is 13.0. The summed E-state index contributed by atoms with van der Waals surface area (Å²) >= 11 is 0. The van der Waals surface area contributed by atoms with Crippen molar-refractivity contribution < 1.29 is 9.47 Å². The van der Waals surface area contributed by atoms with Crippen LogP contribution in [0.25, 0.3) is 0 Å². The predicted octanol–water partition coefficient (Wildman–Crippen LogP) is 2.60. The van der Waals surface area contributed by atoms with E-state index in [2.05, 4.69) is 10.3 Å². The number of hydrogen-bond donors (Lipinski definition) is 1. The van der Waals surface area contributed by atoms with Gasteiger partial charge in [-0.15, -0.1) is 24.8 Å². The molecule has 2 heterocycles. The van der Waals surface area contributed by atoms with Gasteiger partial charge >= 0.3 is 0 Å². The molecule has 0 unspecified atom stereocenters. The standard InChI is InChI=1S/C15H22N2O2.2ClH/c1-2-14(15(5-1)12-17-8-9-19-15)11-18-10-13-3-6-16-7-4-13;;/h3-4,6-7,14,17H,1-2,5,8-12H2;2*1H/t14-,15+;;/m0../s1. The molecule has 4 nitrogen and oxygen atoms in total. The summed E-state index contributed by atoms with van der Waals surface area (Å²) in [5, 5.41) is 3.47. The molecule has 1 N–H and O–H groups in total. The summed E-state index contributed by atoms with van der Waals surface area (Å²) in [6.07, 6.45) is 7.26. The van der Waals surface area contributed by atoms with Crippen LogP contribution >= 0.6 is 24.8 Å². The van der Waals surface area contributed by atoms with Gasteiger partial charge in [-0.25, -0.2) is 0 Å². The quantitative estimate of drug-likeness (QED) is 0.919. The third-order valence-corrected chi connectivity index (χ3v) is 4.33. The lowest BCUT2D eigenvalue weighted by Gasteiger charge is -2.39. The molecule has 1 aromatic heterocycles. The van der Waals surface area contributed by atoms with E-state index >= 15 is 0 Å². The lowest BCUT2D eigenvalue weighted by molar-refractivity contribution is -0.108. The normalized spacial score (nSPS) is 27.9. The third kappa shape index (κ3) is 4.54. The molecule has 0 bridgehead atoms. The molecule has 1 aromatic rings. The summed E-state index contributed by atoms with van der Waals surface area (Å²) in [4.78, 5) is 4.02. The molecule has 1 aliphatic carbocycles. The fourth-order valence-corrected chi connectivity index (χ4v) is 3.25. The molecule has 0 aromatic carbocycles. The number of rotatable bonds is 4. The first-order valence-corrected chi connectivity index (χ1v) is 7.20. The average molecular weight is 335 g/mol. The number of halogens is 2. The Morgan fingerprint density at radius 3 is 2.86 bits per heavy atom. The van der Waals surface area contributed by atoms with Gasteiger partial charge in [-0.05, 0) is 30.5 Å². The van der Waals surface area contributed by atoms with E-state index in [0.717, 1.165) is 26.3 Å². The zero-order valence-corrected chi connectivity index (χ0v) is 13.8. The summed E-state index contributed by atoms with van der Waals surface area (Å²) in [5.41, 5.74) is 1.22. The number of ether oxygens (including phenoxy) is 2. The fraction of sp³-hybridized carbons (Fsp3) is 0.667. The Hall–Kier alpha value is -0.390. The Morgan fingerprint density at radius 2 is 2.14 bits per heavy atom. The zero-order valence-electron chi connectivity index (χ0n) is 12.1. The van der Waals surface area contributed by atoms with Gasteiger partial charge in [-0.2, -0.15) is 0 Å². The molecule has 120 valence electrons. The number of aromatic nitrogens is 1. The molecule has 2 fully saturated rings. The number of pyridine rings is 1. The Bertz CT molecular complexity index is 400. The lowest BCUT2D eigenvalue weighted by Crippen LogP contribution is -2.52. The Labute approximate surface area is 138 Å². The van der Waals surface area contributed by atoms with Crippen molar-refractivity contribution in [1.82, 2.24) is 10.3 Å². The van der Waals surface area contributed by atoms with Crippen LogP contribution < -0.4 is 5.32 Å². The first kappa shape index (κ1) is 18.7. The maximum atomic E-state index is 6.09. The molecule has 6 heteroatoms. The molecule has 2 aliphatic rings. The topological polar surface area (TPSA) is 43.4 Å². The van der Waals surface area contributed by atoms with Gasteiger partial charge in [0.2, 0.25) is 0 Å². The van der Waals surface area contributed by atoms with E-state index in [1.54, 1.807) is 0 Å². The molecule has 1 aliphatic heterocycles. The van der Waals surface area contributed by atoms with Crippen molar-refractivity contribution in [3.8, 4) is 0 Å². The highest BCUT2D eigenvalue weighted by molar-refractivity contribution is 5.85. The van der Waals surface area contributed by atoms with Gasteiger partial charge in [-0.1, -0.05) is 6.42 Å². The monoisotopic (exact) mass is 334 g/mol. The second kappa shape index (κ2) is 8.91.